The maximum absolute atomic E-state index is 12.6. The van der Waals surface area contributed by atoms with Gasteiger partial charge in [-0.05, 0) is 49.1 Å². The number of aromatic nitrogens is 3. The Morgan fingerprint density at radius 1 is 1.03 bits per heavy atom. The molecule has 1 aliphatic rings. The fraction of sp³-hybridized carbons (Fsp3) is 0.346. The molecular weight excluding hydrogens is 398 g/mol. The van der Waals surface area contributed by atoms with Gasteiger partial charge in [0.05, 0.1) is 23.3 Å². The molecule has 3 heterocycles. The molecule has 0 spiro atoms. The summed E-state index contributed by atoms with van der Waals surface area (Å²) in [4.78, 5) is 21.6. The van der Waals surface area contributed by atoms with Gasteiger partial charge in [0.1, 0.15) is 5.65 Å². The molecule has 2 N–H and O–H groups in total. The average Bonchev–Trinajstić information content (AvgIpc) is 3.25. The minimum absolute atomic E-state index is 0.145. The normalized spacial score (nSPS) is 14.8. The van der Waals surface area contributed by atoms with Crippen molar-refractivity contribution in [2.45, 2.75) is 45.2 Å². The Morgan fingerprint density at radius 3 is 2.81 bits per heavy atom. The van der Waals surface area contributed by atoms with E-state index in [0.717, 1.165) is 41.3 Å². The lowest BCUT2D eigenvalue weighted by atomic mass is 9.89. The number of amides is 1. The van der Waals surface area contributed by atoms with E-state index in [9.17, 15) is 4.79 Å². The lowest BCUT2D eigenvalue weighted by molar-refractivity contribution is 0.0950. The minimum Gasteiger partial charge on any atom is -0.346 e. The summed E-state index contributed by atoms with van der Waals surface area (Å²) in [5.74, 6) is 0.682. The molecule has 5 rings (SSSR count). The number of rotatable bonds is 7. The van der Waals surface area contributed by atoms with Crippen molar-refractivity contribution in [3.05, 3.63) is 77.9 Å². The van der Waals surface area contributed by atoms with Crippen LogP contribution in [0.2, 0.25) is 0 Å². The number of nitrogens with zero attached hydrogens (tertiary/aromatic N) is 3. The zero-order valence-electron chi connectivity index (χ0n) is 18.3. The first-order valence-corrected chi connectivity index (χ1v) is 11.5. The molecule has 1 aliphatic carbocycles. The third-order valence-corrected chi connectivity index (χ3v) is 6.33. The highest BCUT2D eigenvalue weighted by molar-refractivity contribution is 5.97. The Bertz CT molecular complexity index is 1230. The lowest BCUT2D eigenvalue weighted by Gasteiger charge is -2.21. The van der Waals surface area contributed by atoms with Crippen molar-refractivity contribution < 1.29 is 4.79 Å². The summed E-state index contributed by atoms with van der Waals surface area (Å²) in [7, 11) is 0. The van der Waals surface area contributed by atoms with Crippen LogP contribution in [0.25, 0.3) is 16.6 Å². The van der Waals surface area contributed by atoms with Crippen LogP contribution in [0.4, 0.5) is 0 Å². The topological polar surface area (TPSA) is 71.3 Å². The third kappa shape index (κ3) is 4.81. The van der Waals surface area contributed by atoms with Gasteiger partial charge in [0.15, 0.2) is 0 Å². The second-order valence-corrected chi connectivity index (χ2v) is 8.77. The zero-order chi connectivity index (χ0) is 21.8. The van der Waals surface area contributed by atoms with Gasteiger partial charge in [-0.25, -0.2) is 4.98 Å². The van der Waals surface area contributed by atoms with Crippen LogP contribution in [0.1, 0.15) is 53.7 Å². The zero-order valence-corrected chi connectivity index (χ0v) is 18.3. The first-order chi connectivity index (χ1) is 15.7. The molecule has 3 aromatic heterocycles. The van der Waals surface area contributed by atoms with Gasteiger partial charge in [-0.1, -0.05) is 43.5 Å². The molecule has 4 aromatic rings. The van der Waals surface area contributed by atoms with Gasteiger partial charge in [0.2, 0.25) is 0 Å². The number of imidazole rings is 1. The largest absolute Gasteiger partial charge is 0.346 e. The number of hydrogen-bond donors (Lipinski definition) is 2. The predicted octanol–water partition coefficient (Wildman–Crippen LogP) is 4.48. The van der Waals surface area contributed by atoms with Crippen LogP contribution in [-0.4, -0.2) is 26.8 Å². The summed E-state index contributed by atoms with van der Waals surface area (Å²) in [5, 5.41) is 7.53. The SMILES string of the molecule is O=C(NCc1cn2cc(CNCC3CCCCC3)ccc2n1)c1cnc2ccccc2c1. The van der Waals surface area contributed by atoms with E-state index >= 15 is 0 Å². The summed E-state index contributed by atoms with van der Waals surface area (Å²) in [6, 6.07) is 13.8. The number of hydrogen-bond acceptors (Lipinski definition) is 4. The Morgan fingerprint density at radius 2 is 1.91 bits per heavy atom. The Balaban J connectivity index is 1.18. The molecule has 6 nitrogen and oxygen atoms in total. The van der Waals surface area contributed by atoms with Gasteiger partial charge >= 0.3 is 0 Å². The van der Waals surface area contributed by atoms with Crippen LogP contribution in [-0.2, 0) is 13.1 Å². The molecule has 0 unspecified atom stereocenters. The van der Waals surface area contributed by atoms with E-state index in [1.165, 1.54) is 37.7 Å². The molecule has 1 aromatic carbocycles. The molecule has 0 radical (unpaired) electrons. The van der Waals surface area contributed by atoms with E-state index in [2.05, 4.69) is 32.9 Å². The molecule has 0 aliphatic heterocycles. The van der Waals surface area contributed by atoms with E-state index in [-0.39, 0.29) is 5.91 Å². The summed E-state index contributed by atoms with van der Waals surface area (Å²) in [6.07, 6.45) is 12.6. The molecule has 164 valence electrons. The molecule has 1 saturated carbocycles. The quantitative estimate of drug-likeness (QED) is 0.456. The number of benzene rings is 1. The Kier molecular flexibility index (Phi) is 6.12. The number of carbonyl (C=O) groups excluding carboxylic acids is 1. The van der Waals surface area contributed by atoms with E-state index in [0.29, 0.717) is 12.1 Å². The smallest absolute Gasteiger partial charge is 0.253 e. The summed E-state index contributed by atoms with van der Waals surface area (Å²) >= 11 is 0. The number of carbonyl (C=O) groups is 1. The molecule has 6 heteroatoms. The summed E-state index contributed by atoms with van der Waals surface area (Å²) in [6.45, 7) is 2.34. The van der Waals surface area contributed by atoms with Crippen molar-refractivity contribution in [3.63, 3.8) is 0 Å². The maximum atomic E-state index is 12.6. The Labute approximate surface area is 188 Å². The number of nitrogens with one attached hydrogen (secondary N) is 2. The summed E-state index contributed by atoms with van der Waals surface area (Å²) in [5.41, 5.74) is 4.40. The van der Waals surface area contributed by atoms with Crippen molar-refractivity contribution >= 4 is 22.5 Å². The minimum atomic E-state index is -0.145. The number of para-hydroxylation sites is 1. The number of fused-ring (bicyclic) bond motifs is 2. The standard InChI is InChI=1S/C26H29N5O/c32-26(22-12-21-8-4-5-9-24(21)28-15-22)29-16-23-18-31-17-20(10-11-25(31)30-23)14-27-13-19-6-2-1-3-7-19/h4-5,8-12,15,17-19,27H,1-3,6-7,13-14,16H2,(H,29,32). The maximum Gasteiger partial charge on any atom is 0.253 e. The van der Waals surface area contributed by atoms with Crippen LogP contribution in [0.5, 0.6) is 0 Å². The van der Waals surface area contributed by atoms with Crippen LogP contribution < -0.4 is 10.6 Å². The monoisotopic (exact) mass is 427 g/mol. The molecule has 1 fully saturated rings. The van der Waals surface area contributed by atoms with Gasteiger partial charge in [0.25, 0.3) is 5.91 Å². The van der Waals surface area contributed by atoms with Crippen molar-refractivity contribution in [2.24, 2.45) is 5.92 Å². The van der Waals surface area contributed by atoms with E-state index in [4.69, 9.17) is 0 Å². The molecule has 0 saturated heterocycles. The van der Waals surface area contributed by atoms with Crippen molar-refractivity contribution in [1.29, 1.82) is 0 Å². The highest BCUT2D eigenvalue weighted by Gasteiger charge is 2.13. The van der Waals surface area contributed by atoms with Gasteiger partial charge in [0, 0.05) is 30.5 Å². The number of pyridine rings is 2. The van der Waals surface area contributed by atoms with Crippen molar-refractivity contribution in [1.82, 2.24) is 25.0 Å². The molecular formula is C26H29N5O. The molecule has 32 heavy (non-hydrogen) atoms. The van der Waals surface area contributed by atoms with Gasteiger partial charge in [-0.15, -0.1) is 0 Å². The van der Waals surface area contributed by atoms with Crippen LogP contribution in [0.15, 0.2) is 61.1 Å². The van der Waals surface area contributed by atoms with E-state index < -0.39 is 0 Å². The van der Waals surface area contributed by atoms with Crippen molar-refractivity contribution in [2.75, 3.05) is 6.54 Å². The molecule has 0 bridgehead atoms. The predicted molar refractivity (Wildman–Crippen MR) is 126 cm³/mol. The highest BCUT2D eigenvalue weighted by Crippen LogP contribution is 2.22. The van der Waals surface area contributed by atoms with Crippen LogP contribution in [0.3, 0.4) is 0 Å². The lowest BCUT2D eigenvalue weighted by Crippen LogP contribution is -2.24. The molecule has 1 amide bonds. The van der Waals surface area contributed by atoms with Crippen molar-refractivity contribution in [3.8, 4) is 0 Å². The second kappa shape index (κ2) is 9.49. The van der Waals surface area contributed by atoms with E-state index in [1.54, 1.807) is 6.20 Å². The van der Waals surface area contributed by atoms with Gasteiger partial charge < -0.3 is 15.0 Å². The van der Waals surface area contributed by atoms with Gasteiger partial charge in [-0.3, -0.25) is 9.78 Å². The van der Waals surface area contributed by atoms with Gasteiger partial charge in [-0.2, -0.15) is 0 Å². The summed E-state index contributed by atoms with van der Waals surface area (Å²) < 4.78 is 2.04. The van der Waals surface area contributed by atoms with E-state index in [1.807, 2.05) is 47.0 Å². The fourth-order valence-corrected chi connectivity index (χ4v) is 4.56. The highest BCUT2D eigenvalue weighted by atomic mass is 16.1. The second-order valence-electron chi connectivity index (χ2n) is 8.77. The third-order valence-electron chi connectivity index (χ3n) is 6.33. The van der Waals surface area contributed by atoms with Crippen LogP contribution in [0, 0.1) is 5.92 Å². The average molecular weight is 428 g/mol. The first kappa shape index (κ1) is 20.6. The van der Waals surface area contributed by atoms with Crippen LogP contribution >= 0.6 is 0 Å². The fourth-order valence-electron chi connectivity index (χ4n) is 4.56. The molecule has 0 atom stereocenters. The first-order valence-electron chi connectivity index (χ1n) is 11.5. The Hall–Kier alpha value is -3.25.